The van der Waals surface area contributed by atoms with Crippen molar-refractivity contribution in [2.24, 2.45) is 0 Å². The van der Waals surface area contributed by atoms with Crippen molar-refractivity contribution in [2.75, 3.05) is 0 Å². The van der Waals surface area contributed by atoms with E-state index in [0.29, 0.717) is 5.46 Å². The molecule has 0 atom stereocenters. The lowest BCUT2D eigenvalue weighted by Gasteiger charge is -1.87. The Hall–Kier alpha value is -1.32. The van der Waals surface area contributed by atoms with Gasteiger partial charge in [-0.3, -0.25) is 10.1 Å². The second-order valence-electron chi connectivity index (χ2n) is 1.83. The van der Waals surface area contributed by atoms with E-state index in [4.69, 9.17) is 0 Å². The summed E-state index contributed by atoms with van der Waals surface area (Å²) < 4.78 is 0. The van der Waals surface area contributed by atoms with Crippen LogP contribution in [0, 0.1) is 10.1 Å². The Morgan fingerprint density at radius 3 is 2.40 bits per heavy atom. The molecule has 1 radical (unpaired) electrons. The van der Waals surface area contributed by atoms with Crippen LogP contribution in [0.4, 0.5) is 0 Å². The van der Waals surface area contributed by atoms with Gasteiger partial charge in [0.25, 0.3) is 0 Å². The highest BCUT2D eigenvalue weighted by atomic mass is 16.6. The molecule has 4 heteroatoms. The van der Waals surface area contributed by atoms with Crippen LogP contribution < -0.4 is 5.46 Å². The van der Waals surface area contributed by atoms with Crippen LogP contribution in [0.25, 0.3) is 0 Å². The summed E-state index contributed by atoms with van der Waals surface area (Å²) in [5.74, 6) is 0. The first-order chi connectivity index (χ1) is 4.79. The molecule has 1 aromatic rings. The number of hydrogen-bond acceptors (Lipinski definition) is 2. The molecule has 0 saturated carbocycles. The monoisotopic (exact) mass is 134 g/mol. The minimum Gasteiger partial charge on any atom is -0.294 e. The minimum atomic E-state index is -0.463. The summed E-state index contributed by atoms with van der Waals surface area (Å²) in [4.78, 5) is 9.46. The van der Waals surface area contributed by atoms with Gasteiger partial charge in [-0.05, 0) is 0 Å². The lowest BCUT2D eigenvalue weighted by molar-refractivity contribution is -0.318. The molecule has 1 aromatic carbocycles. The lowest BCUT2D eigenvalue weighted by Crippen LogP contribution is -2.21. The maximum absolute atomic E-state index is 9.92. The van der Waals surface area contributed by atoms with Crippen molar-refractivity contribution in [2.45, 2.75) is 0 Å². The topological polar surface area (TPSA) is 43.1 Å². The van der Waals surface area contributed by atoms with Crippen molar-refractivity contribution in [1.82, 2.24) is 0 Å². The normalized spacial score (nSPS) is 8.80. The third-order valence-electron chi connectivity index (χ3n) is 1.05. The Morgan fingerprint density at radius 2 is 1.90 bits per heavy atom. The second kappa shape index (κ2) is 3.01. The fraction of sp³-hybridized carbons (Fsp3) is 0. The molecule has 0 aliphatic carbocycles. The molecule has 1 rings (SSSR count). The van der Waals surface area contributed by atoms with Crippen molar-refractivity contribution < 1.29 is 4.83 Å². The Balaban J connectivity index is 2.67. The summed E-state index contributed by atoms with van der Waals surface area (Å²) in [6.07, 6.45) is 0. The van der Waals surface area contributed by atoms with Gasteiger partial charge in [-0.1, -0.05) is 35.2 Å². The zero-order chi connectivity index (χ0) is 7.40. The van der Waals surface area contributed by atoms with Crippen LogP contribution in [0.15, 0.2) is 30.3 Å². The SMILES string of the molecule is O=[N+]([O-])[B]c1ccccc1. The average molecular weight is 134 g/mol. The molecule has 0 aromatic heterocycles. The van der Waals surface area contributed by atoms with Gasteiger partial charge in [-0.2, -0.15) is 0 Å². The summed E-state index contributed by atoms with van der Waals surface area (Å²) >= 11 is 0. The molecular weight excluding hydrogens is 129 g/mol. The quantitative estimate of drug-likeness (QED) is 0.329. The van der Waals surface area contributed by atoms with E-state index in [1.165, 1.54) is 0 Å². The zero-order valence-corrected chi connectivity index (χ0v) is 5.23. The molecule has 0 unspecified atom stereocenters. The molecule has 3 nitrogen and oxygen atoms in total. The number of benzene rings is 1. The second-order valence-corrected chi connectivity index (χ2v) is 1.83. The Morgan fingerprint density at radius 1 is 1.30 bits per heavy atom. The summed E-state index contributed by atoms with van der Waals surface area (Å²) in [5.41, 5.74) is 0.618. The van der Waals surface area contributed by atoms with E-state index in [9.17, 15) is 10.1 Å². The van der Waals surface area contributed by atoms with Gasteiger partial charge in [-0.25, -0.2) is 0 Å². The fourth-order valence-corrected chi connectivity index (χ4v) is 0.661. The maximum Gasteiger partial charge on any atom is 0.641 e. The minimum absolute atomic E-state index is 0.463. The first-order valence-electron chi connectivity index (χ1n) is 2.82. The van der Waals surface area contributed by atoms with Gasteiger partial charge in [-0.15, -0.1) is 0 Å². The highest BCUT2D eigenvalue weighted by Crippen LogP contribution is 1.80. The predicted octanol–water partition coefficient (Wildman–Crippen LogP) is 0.208. The van der Waals surface area contributed by atoms with Crippen LogP contribution in [0.3, 0.4) is 0 Å². The zero-order valence-electron chi connectivity index (χ0n) is 5.23. The van der Waals surface area contributed by atoms with Crippen molar-refractivity contribution in [3.63, 3.8) is 0 Å². The summed E-state index contributed by atoms with van der Waals surface area (Å²) in [6.45, 7) is 0. The number of rotatable bonds is 2. The number of nitrogens with zero attached hydrogens (tertiary/aromatic N) is 1. The highest BCUT2D eigenvalue weighted by molar-refractivity contribution is 6.45. The molecule has 0 N–H and O–H groups in total. The number of nitro groups is 1. The summed E-state index contributed by atoms with van der Waals surface area (Å²) in [6, 6.07) is 8.70. The lowest BCUT2D eigenvalue weighted by atomic mass is 9.84. The molecule has 0 heterocycles. The van der Waals surface area contributed by atoms with Crippen LogP contribution in [0.2, 0.25) is 0 Å². The van der Waals surface area contributed by atoms with Crippen LogP contribution in [0.1, 0.15) is 0 Å². The van der Waals surface area contributed by atoms with Gasteiger partial charge in [0.2, 0.25) is 0 Å². The van der Waals surface area contributed by atoms with Gasteiger partial charge in [0.05, 0.1) is 0 Å². The van der Waals surface area contributed by atoms with E-state index in [1.807, 2.05) is 6.07 Å². The standard InChI is InChI=1S/C6H5BNO2/c9-8(10)7-6-4-2-1-3-5-6/h1-5H. The smallest absolute Gasteiger partial charge is 0.294 e. The van der Waals surface area contributed by atoms with E-state index in [1.54, 1.807) is 24.3 Å². The third-order valence-corrected chi connectivity index (χ3v) is 1.05. The van der Waals surface area contributed by atoms with E-state index in [-0.39, 0.29) is 0 Å². The molecule has 0 bridgehead atoms. The Bertz CT molecular complexity index is 224. The molecule has 0 amide bonds. The van der Waals surface area contributed by atoms with E-state index in [2.05, 4.69) is 0 Å². The maximum atomic E-state index is 9.92. The summed E-state index contributed by atoms with van der Waals surface area (Å²) in [5, 5.41) is 9.92. The van der Waals surface area contributed by atoms with E-state index >= 15 is 0 Å². The Kier molecular flexibility index (Phi) is 2.05. The molecule has 0 saturated heterocycles. The van der Waals surface area contributed by atoms with Gasteiger partial charge in [0.1, 0.15) is 0 Å². The largest absolute Gasteiger partial charge is 0.641 e. The third kappa shape index (κ3) is 1.89. The van der Waals surface area contributed by atoms with Gasteiger partial charge in [0, 0.05) is 5.46 Å². The summed E-state index contributed by atoms with van der Waals surface area (Å²) in [7, 11) is 0.972. The van der Waals surface area contributed by atoms with Crippen LogP contribution >= 0.6 is 0 Å². The fourth-order valence-electron chi connectivity index (χ4n) is 0.661. The molecule has 0 aliphatic heterocycles. The van der Waals surface area contributed by atoms with Gasteiger partial charge in [0.15, 0.2) is 0 Å². The first-order valence-corrected chi connectivity index (χ1v) is 2.82. The van der Waals surface area contributed by atoms with E-state index in [0.717, 1.165) is 7.41 Å². The molecule has 10 heavy (non-hydrogen) atoms. The van der Waals surface area contributed by atoms with Crippen LogP contribution in [-0.4, -0.2) is 12.2 Å². The molecule has 0 aliphatic rings. The van der Waals surface area contributed by atoms with E-state index < -0.39 is 4.83 Å². The molecule has 0 spiro atoms. The Labute approximate surface area is 59.1 Å². The highest BCUT2D eigenvalue weighted by Gasteiger charge is 2.08. The molecule has 49 valence electrons. The van der Waals surface area contributed by atoms with Crippen molar-refractivity contribution >= 4 is 12.9 Å². The van der Waals surface area contributed by atoms with Crippen LogP contribution in [-0.2, 0) is 0 Å². The number of hydrogen-bond donors (Lipinski definition) is 0. The predicted molar refractivity (Wildman–Crippen MR) is 38.8 cm³/mol. The van der Waals surface area contributed by atoms with Crippen LogP contribution in [0.5, 0.6) is 0 Å². The van der Waals surface area contributed by atoms with Crippen molar-refractivity contribution in [1.29, 1.82) is 0 Å². The van der Waals surface area contributed by atoms with Gasteiger partial charge < -0.3 is 0 Å². The van der Waals surface area contributed by atoms with Crippen molar-refractivity contribution in [3.8, 4) is 0 Å². The average Bonchev–Trinajstić information content (AvgIpc) is 1.88. The van der Waals surface area contributed by atoms with Crippen molar-refractivity contribution in [3.05, 3.63) is 40.4 Å². The molecule has 0 fully saturated rings. The first kappa shape index (κ1) is 6.80. The molecular formula is C6H5BNO2. The van der Waals surface area contributed by atoms with Gasteiger partial charge >= 0.3 is 7.41 Å².